The second-order valence-electron chi connectivity index (χ2n) is 8.46. The molecule has 0 unspecified atom stereocenters. The van der Waals surface area contributed by atoms with Gasteiger partial charge < -0.3 is 15.7 Å². The van der Waals surface area contributed by atoms with Crippen molar-refractivity contribution >= 4 is 21.8 Å². The molecule has 0 aliphatic carbocycles. The molecule has 0 aliphatic heterocycles. The lowest BCUT2D eigenvalue weighted by Crippen LogP contribution is -2.10. The molecule has 0 bridgehead atoms. The summed E-state index contributed by atoms with van der Waals surface area (Å²) < 4.78 is 0. The van der Waals surface area contributed by atoms with E-state index >= 15 is 0 Å². The van der Waals surface area contributed by atoms with E-state index in [1.54, 1.807) is 24.3 Å². The standard InChI is InChI=1S/C15H13N3O.C15H9N3O/c2*16-9-10-6-7-13-12(8-10)15(19)18-14(17-13)11-4-2-1-3-5-11/h1-8H,9,16H2,(H,17,18,19);1-8H,(H,17,18,19). The van der Waals surface area contributed by atoms with E-state index in [0.717, 1.165) is 16.7 Å². The summed E-state index contributed by atoms with van der Waals surface area (Å²) >= 11 is 0. The third-order valence-corrected chi connectivity index (χ3v) is 5.93. The Morgan fingerprint density at radius 3 is 1.68 bits per heavy atom. The molecule has 0 fully saturated rings. The Labute approximate surface area is 217 Å². The van der Waals surface area contributed by atoms with Crippen LogP contribution in [-0.4, -0.2) is 19.9 Å². The molecule has 0 saturated heterocycles. The van der Waals surface area contributed by atoms with E-state index < -0.39 is 0 Å². The summed E-state index contributed by atoms with van der Waals surface area (Å²) in [4.78, 5) is 38.6. The molecular formula is C30H22N6O2. The van der Waals surface area contributed by atoms with Gasteiger partial charge in [-0.1, -0.05) is 66.7 Å². The van der Waals surface area contributed by atoms with Crippen LogP contribution in [0.3, 0.4) is 0 Å². The highest BCUT2D eigenvalue weighted by Crippen LogP contribution is 2.18. The summed E-state index contributed by atoms with van der Waals surface area (Å²) in [5.74, 6) is 1.11. The number of aromatic amines is 2. The molecule has 184 valence electrons. The fourth-order valence-corrected chi connectivity index (χ4v) is 3.99. The number of nitrogens with one attached hydrogen (secondary N) is 2. The number of rotatable bonds is 3. The van der Waals surface area contributed by atoms with Crippen LogP contribution in [0, 0.1) is 11.3 Å². The van der Waals surface area contributed by atoms with Gasteiger partial charge in [0.1, 0.15) is 11.6 Å². The Bertz CT molecular complexity index is 1910. The van der Waals surface area contributed by atoms with E-state index in [0.29, 0.717) is 45.6 Å². The first kappa shape index (κ1) is 24.3. The van der Waals surface area contributed by atoms with Crippen molar-refractivity contribution in [3.8, 4) is 28.8 Å². The third kappa shape index (κ3) is 5.09. The number of hydrogen-bond donors (Lipinski definition) is 3. The maximum Gasteiger partial charge on any atom is 0.259 e. The molecule has 0 aliphatic rings. The van der Waals surface area contributed by atoms with E-state index in [9.17, 15) is 9.59 Å². The van der Waals surface area contributed by atoms with Crippen LogP contribution in [0.15, 0.2) is 107 Å². The van der Waals surface area contributed by atoms with E-state index in [2.05, 4.69) is 19.9 Å². The smallest absolute Gasteiger partial charge is 0.259 e. The third-order valence-electron chi connectivity index (χ3n) is 5.93. The van der Waals surface area contributed by atoms with Gasteiger partial charge in [-0.25, -0.2) is 9.97 Å². The Balaban J connectivity index is 0.000000155. The summed E-state index contributed by atoms with van der Waals surface area (Å²) in [7, 11) is 0. The van der Waals surface area contributed by atoms with Gasteiger partial charge in [0.05, 0.1) is 33.4 Å². The zero-order valence-electron chi connectivity index (χ0n) is 20.2. The number of nitrogens with zero attached hydrogens (tertiary/aromatic N) is 3. The van der Waals surface area contributed by atoms with E-state index in [1.807, 2.05) is 78.9 Å². The Kier molecular flexibility index (Phi) is 6.85. The van der Waals surface area contributed by atoms with Gasteiger partial charge in [0.15, 0.2) is 0 Å². The number of nitriles is 1. The summed E-state index contributed by atoms with van der Waals surface area (Å²) in [6.07, 6.45) is 0. The predicted molar refractivity (Wildman–Crippen MR) is 148 cm³/mol. The van der Waals surface area contributed by atoms with E-state index in [-0.39, 0.29) is 11.1 Å². The molecule has 6 aromatic rings. The van der Waals surface area contributed by atoms with Crippen LogP contribution in [0.4, 0.5) is 0 Å². The molecule has 4 aromatic carbocycles. The van der Waals surface area contributed by atoms with Gasteiger partial charge in [0.25, 0.3) is 11.1 Å². The normalized spacial score (nSPS) is 10.5. The van der Waals surface area contributed by atoms with Crippen molar-refractivity contribution in [1.29, 1.82) is 5.26 Å². The van der Waals surface area contributed by atoms with E-state index in [1.165, 1.54) is 0 Å². The lowest BCUT2D eigenvalue weighted by Gasteiger charge is -2.04. The Hall–Kier alpha value is -5.39. The van der Waals surface area contributed by atoms with Crippen LogP contribution in [0.5, 0.6) is 0 Å². The largest absolute Gasteiger partial charge is 0.326 e. The van der Waals surface area contributed by atoms with Crippen LogP contribution in [0.2, 0.25) is 0 Å². The minimum atomic E-state index is -0.235. The lowest BCUT2D eigenvalue weighted by molar-refractivity contribution is 1.07. The highest BCUT2D eigenvalue weighted by Gasteiger charge is 2.07. The summed E-state index contributed by atoms with van der Waals surface area (Å²) in [6, 6.07) is 31.5. The minimum absolute atomic E-state index is 0.140. The fraction of sp³-hybridized carbons (Fsp3) is 0.0333. The number of fused-ring (bicyclic) bond motifs is 2. The first-order valence-electron chi connectivity index (χ1n) is 11.8. The van der Waals surface area contributed by atoms with Crippen LogP contribution in [0.25, 0.3) is 44.6 Å². The molecule has 0 saturated carbocycles. The van der Waals surface area contributed by atoms with Crippen LogP contribution < -0.4 is 16.9 Å². The van der Waals surface area contributed by atoms with Gasteiger partial charge in [-0.2, -0.15) is 5.26 Å². The molecular weight excluding hydrogens is 476 g/mol. The molecule has 0 amide bonds. The first-order chi connectivity index (χ1) is 18.6. The number of nitrogens with two attached hydrogens (primary N) is 1. The minimum Gasteiger partial charge on any atom is -0.326 e. The van der Waals surface area contributed by atoms with E-state index in [4.69, 9.17) is 11.0 Å². The first-order valence-corrected chi connectivity index (χ1v) is 11.8. The molecule has 8 heteroatoms. The maximum atomic E-state index is 12.1. The van der Waals surface area contributed by atoms with Crippen molar-refractivity contribution in [1.82, 2.24) is 19.9 Å². The zero-order valence-corrected chi connectivity index (χ0v) is 20.2. The van der Waals surface area contributed by atoms with Gasteiger partial charge in [0, 0.05) is 17.7 Å². The SMILES string of the molecule is N#Cc1ccc2nc(-c3ccccc3)[nH]c(=O)c2c1.NCc1ccc2nc(-c3ccccc3)[nH]c(=O)c2c1. The van der Waals surface area contributed by atoms with Gasteiger partial charge in [-0.05, 0) is 35.9 Å². The quantitative estimate of drug-likeness (QED) is 0.328. The Morgan fingerprint density at radius 1 is 0.684 bits per heavy atom. The second-order valence-corrected chi connectivity index (χ2v) is 8.46. The van der Waals surface area contributed by atoms with Crippen LogP contribution in [-0.2, 0) is 6.54 Å². The second kappa shape index (κ2) is 10.7. The maximum absolute atomic E-state index is 12.1. The van der Waals surface area contributed by atoms with Crippen molar-refractivity contribution in [3.05, 3.63) is 129 Å². The van der Waals surface area contributed by atoms with Gasteiger partial charge in [-0.15, -0.1) is 0 Å². The average molecular weight is 499 g/mol. The topological polar surface area (TPSA) is 141 Å². The van der Waals surface area contributed by atoms with Crippen LogP contribution >= 0.6 is 0 Å². The number of aromatic nitrogens is 4. The number of benzene rings is 4. The molecule has 2 aromatic heterocycles. The van der Waals surface area contributed by atoms with Crippen molar-refractivity contribution in [2.24, 2.45) is 5.73 Å². The summed E-state index contributed by atoms with van der Waals surface area (Å²) in [6.45, 7) is 0.413. The zero-order chi connectivity index (χ0) is 26.5. The number of H-pyrrole nitrogens is 2. The van der Waals surface area contributed by atoms with Crippen molar-refractivity contribution in [2.45, 2.75) is 6.54 Å². The van der Waals surface area contributed by atoms with Crippen molar-refractivity contribution in [3.63, 3.8) is 0 Å². The highest BCUT2D eigenvalue weighted by molar-refractivity contribution is 5.81. The van der Waals surface area contributed by atoms with Gasteiger partial charge in [0.2, 0.25) is 0 Å². The lowest BCUT2D eigenvalue weighted by atomic mass is 10.1. The molecule has 4 N–H and O–H groups in total. The molecule has 2 heterocycles. The van der Waals surface area contributed by atoms with Gasteiger partial charge >= 0.3 is 0 Å². The molecule has 0 radical (unpaired) electrons. The molecule has 8 nitrogen and oxygen atoms in total. The molecule has 0 spiro atoms. The molecule has 38 heavy (non-hydrogen) atoms. The van der Waals surface area contributed by atoms with Crippen molar-refractivity contribution in [2.75, 3.05) is 0 Å². The predicted octanol–water partition coefficient (Wildman–Crippen LogP) is 4.51. The summed E-state index contributed by atoms with van der Waals surface area (Å²) in [5, 5.41) is 9.84. The highest BCUT2D eigenvalue weighted by atomic mass is 16.1. The molecule has 0 atom stereocenters. The molecule has 6 rings (SSSR count). The average Bonchev–Trinajstić information content (AvgIpc) is 2.98. The van der Waals surface area contributed by atoms with Crippen LogP contribution in [0.1, 0.15) is 11.1 Å². The Morgan fingerprint density at radius 2 is 1.18 bits per heavy atom. The number of hydrogen-bond acceptors (Lipinski definition) is 6. The van der Waals surface area contributed by atoms with Crippen molar-refractivity contribution < 1.29 is 0 Å². The monoisotopic (exact) mass is 498 g/mol. The summed E-state index contributed by atoms with van der Waals surface area (Å²) in [5.41, 5.74) is 9.59. The fourth-order valence-electron chi connectivity index (χ4n) is 3.99. The van der Waals surface area contributed by atoms with Gasteiger partial charge in [-0.3, -0.25) is 9.59 Å².